The number of nitriles is 1. The molecule has 4 N–H and O–H groups in total. The van der Waals surface area contributed by atoms with E-state index >= 15 is 0 Å². The first-order valence-corrected chi connectivity index (χ1v) is 12.0. The summed E-state index contributed by atoms with van der Waals surface area (Å²) in [6, 6.07) is 25.9. The summed E-state index contributed by atoms with van der Waals surface area (Å²) in [6.07, 6.45) is 1.69. The zero-order valence-corrected chi connectivity index (χ0v) is 20.4. The van der Waals surface area contributed by atoms with Crippen molar-refractivity contribution in [3.8, 4) is 6.07 Å². The molecule has 0 spiro atoms. The fourth-order valence-electron chi connectivity index (χ4n) is 4.47. The van der Waals surface area contributed by atoms with Gasteiger partial charge in [0.25, 0.3) is 0 Å². The lowest BCUT2D eigenvalue weighted by Crippen LogP contribution is -2.12. The van der Waals surface area contributed by atoms with Crippen LogP contribution in [0.15, 0.2) is 79.0 Å². The van der Waals surface area contributed by atoms with Gasteiger partial charge in [-0.3, -0.25) is 9.97 Å². The van der Waals surface area contributed by atoms with E-state index in [-0.39, 0.29) is 6.17 Å². The fraction of sp³-hybridized carbons (Fsp3) is 0.103. The van der Waals surface area contributed by atoms with Gasteiger partial charge >= 0.3 is 0 Å². The van der Waals surface area contributed by atoms with Crippen LogP contribution in [0.3, 0.4) is 0 Å². The van der Waals surface area contributed by atoms with Crippen LogP contribution in [0, 0.1) is 25.2 Å². The Kier molecular flexibility index (Phi) is 5.51. The van der Waals surface area contributed by atoms with Crippen LogP contribution in [0.5, 0.6) is 0 Å². The van der Waals surface area contributed by atoms with Crippen molar-refractivity contribution in [2.75, 3.05) is 21.3 Å². The molecule has 0 saturated heterocycles. The first-order chi connectivity index (χ1) is 18.0. The normalized spacial score (nSPS) is 13.8. The zero-order chi connectivity index (χ0) is 25.4. The average molecular weight is 485 g/mol. The molecule has 1 aliphatic rings. The molecule has 1 aliphatic heterocycles. The lowest BCUT2D eigenvalue weighted by Gasteiger charge is -2.15. The minimum atomic E-state index is -0.0860. The molecule has 3 aromatic heterocycles. The summed E-state index contributed by atoms with van der Waals surface area (Å²) >= 11 is 0. The summed E-state index contributed by atoms with van der Waals surface area (Å²) in [6.45, 7) is 3.93. The number of aryl methyl sites for hydroxylation is 2. The number of fused-ring (bicyclic) bond motifs is 2. The van der Waals surface area contributed by atoms with Gasteiger partial charge in [-0.05, 0) is 80.1 Å². The quantitative estimate of drug-likeness (QED) is 0.223. The van der Waals surface area contributed by atoms with Crippen LogP contribution in [-0.2, 0) is 0 Å². The molecule has 8 nitrogen and oxygen atoms in total. The Hall–Kier alpha value is -5.16. The van der Waals surface area contributed by atoms with E-state index in [9.17, 15) is 5.26 Å². The molecule has 0 aliphatic carbocycles. The van der Waals surface area contributed by atoms with Gasteiger partial charge in [-0.1, -0.05) is 12.1 Å². The van der Waals surface area contributed by atoms with Crippen LogP contribution in [0.1, 0.15) is 28.7 Å². The molecule has 0 radical (unpaired) electrons. The van der Waals surface area contributed by atoms with Gasteiger partial charge in [0.1, 0.15) is 12.0 Å². The lowest BCUT2D eigenvalue weighted by atomic mass is 10.1. The van der Waals surface area contributed by atoms with Crippen molar-refractivity contribution < 1.29 is 0 Å². The topological polar surface area (TPSA) is 111 Å². The number of hydrogen-bond donors (Lipinski definition) is 4. The molecule has 1 atom stereocenters. The number of nitrogens with zero attached hydrogens (tertiary/aromatic N) is 4. The predicted octanol–water partition coefficient (Wildman–Crippen LogP) is 6.54. The van der Waals surface area contributed by atoms with Gasteiger partial charge in [-0.15, -0.1) is 0 Å². The Balaban J connectivity index is 1.18. The second-order valence-electron chi connectivity index (χ2n) is 9.03. The molecule has 37 heavy (non-hydrogen) atoms. The number of benzene rings is 2. The third kappa shape index (κ3) is 4.58. The molecular weight excluding hydrogens is 460 g/mol. The van der Waals surface area contributed by atoms with Crippen LogP contribution < -0.4 is 21.3 Å². The molecule has 1 unspecified atom stereocenters. The number of hydrogen-bond acceptors (Lipinski definition) is 8. The van der Waals surface area contributed by atoms with Crippen molar-refractivity contribution in [3.63, 3.8) is 0 Å². The van der Waals surface area contributed by atoms with Crippen LogP contribution >= 0.6 is 0 Å². The largest absolute Gasteiger partial charge is 0.359 e. The van der Waals surface area contributed by atoms with Gasteiger partial charge < -0.3 is 21.3 Å². The second-order valence-corrected chi connectivity index (χ2v) is 9.03. The Morgan fingerprint density at radius 3 is 2.49 bits per heavy atom. The van der Waals surface area contributed by atoms with E-state index in [1.54, 1.807) is 12.3 Å². The first-order valence-electron chi connectivity index (χ1n) is 12.0. The van der Waals surface area contributed by atoms with Crippen molar-refractivity contribution in [1.82, 2.24) is 15.0 Å². The maximum absolute atomic E-state index is 9.31. The molecule has 0 fully saturated rings. The lowest BCUT2D eigenvalue weighted by molar-refractivity contribution is 0.937. The third-order valence-electron chi connectivity index (χ3n) is 6.23. The standard InChI is InChI=1S/C29H24N8/c1-17-13-22(11-12-31-17)34-27-10-9-25-29(36-27)37-28(35-25)20-4-6-21(7-5-20)33-26-14-18(2)32-24-8-3-19(16-30)15-23(24)26/h3-15,28,35H,1-2H3,(H,32,33)(H2,31,34,36,37). The number of pyridine rings is 3. The van der Waals surface area contributed by atoms with Crippen LogP contribution in [0.2, 0.25) is 0 Å². The fourth-order valence-corrected chi connectivity index (χ4v) is 4.47. The van der Waals surface area contributed by atoms with Gasteiger partial charge in [-0.2, -0.15) is 5.26 Å². The van der Waals surface area contributed by atoms with Crippen molar-refractivity contribution in [1.29, 1.82) is 5.26 Å². The first kappa shape index (κ1) is 22.3. The average Bonchev–Trinajstić information content (AvgIpc) is 3.32. The molecule has 6 rings (SSSR count). The van der Waals surface area contributed by atoms with Crippen LogP contribution in [-0.4, -0.2) is 15.0 Å². The predicted molar refractivity (Wildman–Crippen MR) is 147 cm³/mol. The van der Waals surface area contributed by atoms with E-state index in [0.29, 0.717) is 5.56 Å². The van der Waals surface area contributed by atoms with E-state index < -0.39 is 0 Å². The molecule has 8 heteroatoms. The van der Waals surface area contributed by atoms with Crippen molar-refractivity contribution in [2.24, 2.45) is 0 Å². The highest BCUT2D eigenvalue weighted by atomic mass is 15.2. The molecule has 0 bridgehead atoms. The molecule has 5 aromatic rings. The smallest absolute Gasteiger partial charge is 0.153 e. The van der Waals surface area contributed by atoms with E-state index in [1.165, 1.54) is 0 Å². The monoisotopic (exact) mass is 484 g/mol. The molecule has 2 aromatic carbocycles. The Bertz CT molecular complexity index is 1670. The van der Waals surface area contributed by atoms with Crippen molar-refractivity contribution >= 4 is 45.3 Å². The Morgan fingerprint density at radius 2 is 1.68 bits per heavy atom. The Morgan fingerprint density at radius 1 is 0.811 bits per heavy atom. The molecule has 180 valence electrons. The van der Waals surface area contributed by atoms with Gasteiger partial charge in [0.2, 0.25) is 0 Å². The summed E-state index contributed by atoms with van der Waals surface area (Å²) in [5, 5.41) is 24.0. The van der Waals surface area contributed by atoms with E-state index in [4.69, 9.17) is 4.98 Å². The summed E-state index contributed by atoms with van der Waals surface area (Å²) in [7, 11) is 0. The highest BCUT2D eigenvalue weighted by Crippen LogP contribution is 2.36. The second kappa shape index (κ2) is 9.13. The maximum atomic E-state index is 9.31. The summed E-state index contributed by atoms with van der Waals surface area (Å²) < 4.78 is 0. The van der Waals surface area contributed by atoms with Crippen molar-refractivity contribution in [3.05, 3.63) is 102 Å². The SMILES string of the molecule is Cc1cc(Nc2ccc3c(n2)NC(c2ccc(Nc4cc(C)nc5ccc(C#N)cc45)cc2)N3)ccn1. The molecule has 4 heterocycles. The van der Waals surface area contributed by atoms with Gasteiger partial charge in [0.05, 0.1) is 22.8 Å². The minimum absolute atomic E-state index is 0.0860. The molecule has 0 saturated carbocycles. The number of rotatable bonds is 5. The minimum Gasteiger partial charge on any atom is -0.359 e. The maximum Gasteiger partial charge on any atom is 0.153 e. The van der Waals surface area contributed by atoms with Crippen LogP contribution in [0.4, 0.5) is 34.4 Å². The highest BCUT2D eigenvalue weighted by molar-refractivity contribution is 5.94. The summed E-state index contributed by atoms with van der Waals surface area (Å²) in [5.74, 6) is 1.56. The van der Waals surface area contributed by atoms with Gasteiger partial charge in [0, 0.05) is 40.0 Å². The van der Waals surface area contributed by atoms with E-state index in [1.807, 2.05) is 68.4 Å². The van der Waals surface area contributed by atoms with Gasteiger partial charge in [-0.25, -0.2) is 4.98 Å². The number of aromatic nitrogens is 3. The van der Waals surface area contributed by atoms with E-state index in [2.05, 4.69) is 49.4 Å². The number of anilines is 6. The Labute approximate surface area is 214 Å². The third-order valence-corrected chi connectivity index (χ3v) is 6.23. The summed E-state index contributed by atoms with van der Waals surface area (Å²) in [5.41, 5.74) is 8.19. The summed E-state index contributed by atoms with van der Waals surface area (Å²) in [4.78, 5) is 13.6. The van der Waals surface area contributed by atoms with Crippen molar-refractivity contribution in [2.45, 2.75) is 20.0 Å². The molecule has 0 amide bonds. The van der Waals surface area contributed by atoms with Crippen LogP contribution in [0.25, 0.3) is 10.9 Å². The van der Waals surface area contributed by atoms with Gasteiger partial charge in [0.15, 0.2) is 5.82 Å². The molecular formula is C29H24N8. The number of nitrogens with one attached hydrogen (secondary N) is 4. The zero-order valence-electron chi connectivity index (χ0n) is 20.4. The highest BCUT2D eigenvalue weighted by Gasteiger charge is 2.22. The van der Waals surface area contributed by atoms with E-state index in [0.717, 1.165) is 62.2 Å².